The van der Waals surface area contributed by atoms with Gasteiger partial charge in [0.1, 0.15) is 4.99 Å². The Bertz CT molecular complexity index is 734. The van der Waals surface area contributed by atoms with Gasteiger partial charge in [-0.25, -0.2) is 0 Å². The third kappa shape index (κ3) is 3.81. The molecular formula is C15H12BrClN2OS. The summed E-state index contributed by atoms with van der Waals surface area (Å²) in [6.45, 7) is 1.83. The lowest BCUT2D eigenvalue weighted by Crippen LogP contribution is -2.18. The lowest BCUT2D eigenvalue weighted by atomic mass is 10.1. The van der Waals surface area contributed by atoms with Crippen LogP contribution in [0.1, 0.15) is 21.5 Å². The van der Waals surface area contributed by atoms with E-state index in [0.29, 0.717) is 21.8 Å². The number of hydrogen-bond donors (Lipinski definition) is 2. The van der Waals surface area contributed by atoms with Crippen molar-refractivity contribution in [2.24, 2.45) is 5.73 Å². The van der Waals surface area contributed by atoms with Gasteiger partial charge < -0.3 is 11.1 Å². The molecule has 3 N–H and O–H groups in total. The second-order valence-corrected chi connectivity index (χ2v) is 6.26. The van der Waals surface area contributed by atoms with Crippen molar-refractivity contribution >= 4 is 56.3 Å². The summed E-state index contributed by atoms with van der Waals surface area (Å²) >= 11 is 14.3. The molecular weight excluding hydrogens is 372 g/mol. The largest absolute Gasteiger partial charge is 0.389 e. The zero-order valence-corrected chi connectivity index (χ0v) is 14.3. The summed E-state index contributed by atoms with van der Waals surface area (Å²) in [6, 6.07) is 10.4. The van der Waals surface area contributed by atoms with E-state index in [4.69, 9.17) is 29.6 Å². The fourth-order valence-corrected chi connectivity index (χ4v) is 2.67. The van der Waals surface area contributed by atoms with Gasteiger partial charge in [-0.05, 0) is 48.9 Å². The van der Waals surface area contributed by atoms with E-state index in [1.54, 1.807) is 30.3 Å². The molecule has 0 atom stereocenters. The standard InChI is InChI=1S/C15H12BrClN2OS/c1-8-6-10(17)3-5-11(8)15(20)19-13-7-9(16)2-4-12(13)14(18)21/h2-7H,1H3,(H2,18,21)(H,19,20). The zero-order chi connectivity index (χ0) is 15.6. The number of nitrogens with one attached hydrogen (secondary N) is 1. The van der Waals surface area contributed by atoms with Crippen LogP contribution in [0.4, 0.5) is 5.69 Å². The monoisotopic (exact) mass is 382 g/mol. The Morgan fingerprint density at radius 2 is 1.90 bits per heavy atom. The number of carbonyl (C=O) groups excluding carboxylic acids is 1. The first-order valence-corrected chi connectivity index (χ1v) is 7.63. The molecule has 0 saturated heterocycles. The van der Waals surface area contributed by atoms with E-state index < -0.39 is 0 Å². The van der Waals surface area contributed by atoms with E-state index in [0.717, 1.165) is 10.0 Å². The van der Waals surface area contributed by atoms with Crippen LogP contribution in [0.15, 0.2) is 40.9 Å². The molecule has 108 valence electrons. The summed E-state index contributed by atoms with van der Waals surface area (Å²) in [6.07, 6.45) is 0. The molecule has 0 unspecified atom stereocenters. The Balaban J connectivity index is 2.35. The van der Waals surface area contributed by atoms with Gasteiger partial charge in [0.15, 0.2) is 0 Å². The van der Waals surface area contributed by atoms with Crippen LogP contribution in [0.3, 0.4) is 0 Å². The number of thiocarbonyl (C=S) groups is 1. The maximum absolute atomic E-state index is 12.4. The van der Waals surface area contributed by atoms with Crippen LogP contribution in [0.25, 0.3) is 0 Å². The van der Waals surface area contributed by atoms with Gasteiger partial charge in [-0.2, -0.15) is 0 Å². The van der Waals surface area contributed by atoms with Crippen LogP contribution in [0, 0.1) is 6.92 Å². The maximum Gasteiger partial charge on any atom is 0.255 e. The van der Waals surface area contributed by atoms with Crippen LogP contribution >= 0.6 is 39.7 Å². The molecule has 0 saturated carbocycles. The van der Waals surface area contributed by atoms with Gasteiger partial charge in [0, 0.05) is 20.6 Å². The van der Waals surface area contributed by atoms with Crippen molar-refractivity contribution in [3.63, 3.8) is 0 Å². The Labute approximate surface area is 141 Å². The molecule has 2 aromatic rings. The highest BCUT2D eigenvalue weighted by Gasteiger charge is 2.13. The minimum atomic E-state index is -0.236. The van der Waals surface area contributed by atoms with Crippen molar-refractivity contribution in [3.05, 3.63) is 62.6 Å². The number of halogens is 2. The fourth-order valence-electron chi connectivity index (χ4n) is 1.91. The van der Waals surface area contributed by atoms with Crippen molar-refractivity contribution in [3.8, 4) is 0 Å². The van der Waals surface area contributed by atoms with E-state index in [1.807, 2.05) is 13.0 Å². The summed E-state index contributed by atoms with van der Waals surface area (Å²) in [7, 11) is 0. The lowest BCUT2D eigenvalue weighted by molar-refractivity contribution is 0.102. The molecule has 2 aromatic carbocycles. The minimum absolute atomic E-state index is 0.227. The van der Waals surface area contributed by atoms with Crippen molar-refractivity contribution in [1.29, 1.82) is 0 Å². The average Bonchev–Trinajstić information content (AvgIpc) is 2.37. The minimum Gasteiger partial charge on any atom is -0.389 e. The van der Waals surface area contributed by atoms with Crippen molar-refractivity contribution < 1.29 is 4.79 Å². The summed E-state index contributed by atoms with van der Waals surface area (Å²) in [5.41, 5.74) is 8.21. The molecule has 0 aliphatic carbocycles. The van der Waals surface area contributed by atoms with Gasteiger partial charge in [0.25, 0.3) is 5.91 Å². The number of amides is 1. The number of carbonyl (C=O) groups is 1. The van der Waals surface area contributed by atoms with Gasteiger partial charge in [-0.1, -0.05) is 39.7 Å². The predicted octanol–water partition coefficient (Wildman–Crippen LogP) is 4.30. The second kappa shape index (κ2) is 6.56. The molecule has 0 heterocycles. The number of hydrogen-bond acceptors (Lipinski definition) is 2. The number of nitrogens with two attached hydrogens (primary N) is 1. The Hall–Kier alpha value is -1.43. The van der Waals surface area contributed by atoms with Crippen molar-refractivity contribution in [2.45, 2.75) is 6.92 Å². The number of rotatable bonds is 3. The van der Waals surface area contributed by atoms with E-state index in [9.17, 15) is 4.79 Å². The van der Waals surface area contributed by atoms with Crippen LogP contribution in [0.2, 0.25) is 5.02 Å². The SMILES string of the molecule is Cc1cc(Cl)ccc1C(=O)Nc1cc(Br)ccc1C(N)=S. The molecule has 0 fully saturated rings. The highest BCUT2D eigenvalue weighted by Crippen LogP contribution is 2.23. The van der Waals surface area contributed by atoms with Crippen LogP contribution < -0.4 is 11.1 Å². The quantitative estimate of drug-likeness (QED) is 0.777. The zero-order valence-electron chi connectivity index (χ0n) is 11.1. The van der Waals surface area contributed by atoms with E-state index in [2.05, 4.69) is 21.2 Å². The van der Waals surface area contributed by atoms with Gasteiger partial charge in [-0.15, -0.1) is 0 Å². The first-order valence-electron chi connectivity index (χ1n) is 6.05. The Morgan fingerprint density at radius 3 is 2.52 bits per heavy atom. The van der Waals surface area contributed by atoms with Crippen LogP contribution in [-0.4, -0.2) is 10.9 Å². The summed E-state index contributed by atoms with van der Waals surface area (Å²) in [5.74, 6) is -0.236. The van der Waals surface area contributed by atoms with Gasteiger partial charge >= 0.3 is 0 Å². The molecule has 0 aliphatic heterocycles. The molecule has 3 nitrogen and oxygen atoms in total. The number of benzene rings is 2. The first kappa shape index (κ1) is 15.9. The molecule has 6 heteroatoms. The fraction of sp³-hybridized carbons (Fsp3) is 0.0667. The normalized spacial score (nSPS) is 10.2. The van der Waals surface area contributed by atoms with Crippen molar-refractivity contribution in [1.82, 2.24) is 0 Å². The van der Waals surface area contributed by atoms with Gasteiger partial charge in [0.2, 0.25) is 0 Å². The van der Waals surface area contributed by atoms with Crippen LogP contribution in [-0.2, 0) is 0 Å². The topological polar surface area (TPSA) is 55.1 Å². The number of anilines is 1. The lowest BCUT2D eigenvalue weighted by Gasteiger charge is -2.12. The number of aryl methyl sites for hydroxylation is 1. The Kier molecular flexibility index (Phi) is 4.98. The highest BCUT2D eigenvalue weighted by molar-refractivity contribution is 9.10. The predicted molar refractivity (Wildman–Crippen MR) is 94.2 cm³/mol. The first-order chi connectivity index (χ1) is 9.88. The van der Waals surface area contributed by atoms with E-state index in [-0.39, 0.29) is 10.9 Å². The highest BCUT2D eigenvalue weighted by atomic mass is 79.9. The summed E-state index contributed by atoms with van der Waals surface area (Å²) in [5, 5.41) is 3.42. The second-order valence-electron chi connectivity index (χ2n) is 4.47. The molecule has 0 bridgehead atoms. The van der Waals surface area contributed by atoms with Crippen molar-refractivity contribution in [2.75, 3.05) is 5.32 Å². The van der Waals surface area contributed by atoms with Gasteiger partial charge in [-0.3, -0.25) is 4.79 Å². The van der Waals surface area contributed by atoms with Gasteiger partial charge in [0.05, 0.1) is 5.69 Å². The molecule has 21 heavy (non-hydrogen) atoms. The third-order valence-corrected chi connectivity index (χ3v) is 3.88. The molecule has 0 aliphatic rings. The molecule has 0 radical (unpaired) electrons. The third-order valence-electron chi connectivity index (χ3n) is 2.93. The molecule has 0 aromatic heterocycles. The smallest absolute Gasteiger partial charge is 0.255 e. The van der Waals surface area contributed by atoms with E-state index in [1.165, 1.54) is 0 Å². The maximum atomic E-state index is 12.4. The molecule has 1 amide bonds. The average molecular weight is 384 g/mol. The van der Waals surface area contributed by atoms with Crippen LogP contribution in [0.5, 0.6) is 0 Å². The summed E-state index contributed by atoms with van der Waals surface area (Å²) in [4.78, 5) is 12.6. The Morgan fingerprint density at radius 1 is 1.24 bits per heavy atom. The van der Waals surface area contributed by atoms with E-state index >= 15 is 0 Å². The molecule has 2 rings (SSSR count). The summed E-state index contributed by atoms with van der Waals surface area (Å²) < 4.78 is 0.825. The molecule has 0 spiro atoms.